The van der Waals surface area contributed by atoms with Gasteiger partial charge in [-0.2, -0.15) is 4.31 Å². The maximum Gasteiger partial charge on any atom is 0.241 e. The van der Waals surface area contributed by atoms with Crippen molar-refractivity contribution in [2.75, 3.05) is 45.1 Å². The highest BCUT2D eigenvalue weighted by Gasteiger charge is 2.40. The van der Waals surface area contributed by atoms with E-state index in [2.05, 4.69) is 17.0 Å². The van der Waals surface area contributed by atoms with Gasteiger partial charge in [0.25, 0.3) is 0 Å². The quantitative estimate of drug-likeness (QED) is 0.639. The van der Waals surface area contributed by atoms with Crippen LogP contribution in [-0.2, 0) is 21.4 Å². The van der Waals surface area contributed by atoms with Crippen molar-refractivity contribution in [1.29, 1.82) is 0 Å². The van der Waals surface area contributed by atoms with E-state index in [4.69, 9.17) is 4.74 Å². The molecule has 1 aromatic carbocycles. The van der Waals surface area contributed by atoms with Gasteiger partial charge in [0.2, 0.25) is 15.9 Å². The van der Waals surface area contributed by atoms with Crippen LogP contribution in [0.4, 0.5) is 0 Å². The monoisotopic (exact) mass is 423 g/mol. The summed E-state index contributed by atoms with van der Waals surface area (Å²) in [5, 5.41) is 0. The Morgan fingerprint density at radius 2 is 1.76 bits per heavy atom. The summed E-state index contributed by atoms with van der Waals surface area (Å²) >= 11 is 0. The minimum absolute atomic E-state index is 0.0251. The van der Waals surface area contributed by atoms with Crippen molar-refractivity contribution in [1.82, 2.24) is 14.1 Å². The summed E-state index contributed by atoms with van der Waals surface area (Å²) in [5.74, 6) is 0.973. The van der Waals surface area contributed by atoms with Crippen LogP contribution in [0.1, 0.15) is 38.7 Å². The Bertz CT molecular complexity index is 774. The van der Waals surface area contributed by atoms with Gasteiger partial charge in [-0.25, -0.2) is 8.42 Å². The Labute approximate surface area is 174 Å². The fraction of sp³-hybridized carbons (Fsp3) is 0.667. The van der Waals surface area contributed by atoms with E-state index in [-0.39, 0.29) is 11.7 Å². The number of piperazine rings is 1. The highest BCUT2D eigenvalue weighted by molar-refractivity contribution is 7.89. The normalized spacial score (nSPS) is 21.4. The fourth-order valence-electron chi connectivity index (χ4n) is 4.15. The lowest BCUT2D eigenvalue weighted by atomic mass is 10.1. The van der Waals surface area contributed by atoms with Gasteiger partial charge >= 0.3 is 0 Å². The lowest BCUT2D eigenvalue weighted by Crippen LogP contribution is -2.54. The molecule has 8 heteroatoms. The van der Waals surface area contributed by atoms with E-state index >= 15 is 0 Å². The van der Waals surface area contributed by atoms with Gasteiger partial charge in [0.05, 0.1) is 12.4 Å². The third kappa shape index (κ3) is 5.49. The summed E-state index contributed by atoms with van der Waals surface area (Å²) in [6.45, 7) is 8.69. The first kappa shape index (κ1) is 22.1. The van der Waals surface area contributed by atoms with Gasteiger partial charge < -0.3 is 9.64 Å². The van der Waals surface area contributed by atoms with Crippen LogP contribution in [-0.4, -0.2) is 79.6 Å². The Balaban J connectivity index is 1.52. The molecule has 0 aromatic heterocycles. The van der Waals surface area contributed by atoms with Crippen molar-refractivity contribution >= 4 is 15.9 Å². The van der Waals surface area contributed by atoms with Crippen molar-refractivity contribution in [3.05, 3.63) is 29.8 Å². The Morgan fingerprint density at radius 3 is 2.38 bits per heavy atom. The molecule has 2 saturated heterocycles. The minimum atomic E-state index is -3.34. The van der Waals surface area contributed by atoms with Gasteiger partial charge in [-0.3, -0.25) is 9.69 Å². The first-order chi connectivity index (χ1) is 13.9. The van der Waals surface area contributed by atoms with Gasteiger partial charge in [-0.1, -0.05) is 19.1 Å². The van der Waals surface area contributed by atoms with Gasteiger partial charge in [0.1, 0.15) is 11.8 Å². The number of nitrogens with zero attached hydrogens (tertiary/aromatic N) is 3. The summed E-state index contributed by atoms with van der Waals surface area (Å²) in [6.07, 6.45) is 1.97. The zero-order valence-electron chi connectivity index (χ0n) is 17.5. The number of sulfonamides is 1. The third-order valence-electron chi connectivity index (χ3n) is 5.63. The molecule has 1 atom stereocenters. The molecule has 1 amide bonds. The maximum atomic E-state index is 13.0. The molecule has 0 radical (unpaired) electrons. The van der Waals surface area contributed by atoms with Gasteiger partial charge in [0.15, 0.2) is 0 Å². The van der Waals surface area contributed by atoms with E-state index in [1.54, 1.807) is 0 Å². The van der Waals surface area contributed by atoms with E-state index in [0.29, 0.717) is 39.1 Å². The molecule has 0 spiro atoms. The second kappa shape index (κ2) is 9.91. The summed E-state index contributed by atoms with van der Waals surface area (Å²) < 4.78 is 31.9. The average Bonchev–Trinajstić information content (AvgIpc) is 3.21. The average molecular weight is 424 g/mol. The van der Waals surface area contributed by atoms with Crippen LogP contribution < -0.4 is 4.74 Å². The van der Waals surface area contributed by atoms with E-state index in [1.165, 1.54) is 9.87 Å². The van der Waals surface area contributed by atoms with Gasteiger partial charge in [-0.05, 0) is 43.9 Å². The molecular formula is C21H33N3O4S. The van der Waals surface area contributed by atoms with Crippen molar-refractivity contribution in [2.45, 2.75) is 45.7 Å². The molecule has 0 bridgehead atoms. The smallest absolute Gasteiger partial charge is 0.241 e. The van der Waals surface area contributed by atoms with Gasteiger partial charge in [0, 0.05) is 39.3 Å². The van der Waals surface area contributed by atoms with Gasteiger partial charge in [-0.15, -0.1) is 0 Å². The molecule has 2 heterocycles. The molecular weight excluding hydrogens is 390 g/mol. The van der Waals surface area contributed by atoms with Crippen LogP contribution in [0.15, 0.2) is 24.3 Å². The molecule has 1 unspecified atom stereocenters. The summed E-state index contributed by atoms with van der Waals surface area (Å²) in [7, 11) is -3.34. The molecule has 2 fully saturated rings. The fourth-order valence-corrected chi connectivity index (χ4v) is 5.89. The van der Waals surface area contributed by atoms with Crippen molar-refractivity contribution in [3.63, 3.8) is 0 Å². The number of benzene rings is 1. The Hall–Kier alpha value is -1.64. The number of hydrogen-bond acceptors (Lipinski definition) is 5. The van der Waals surface area contributed by atoms with Crippen molar-refractivity contribution < 1.29 is 17.9 Å². The Morgan fingerprint density at radius 1 is 1.07 bits per heavy atom. The van der Waals surface area contributed by atoms with Crippen LogP contribution >= 0.6 is 0 Å². The van der Waals surface area contributed by atoms with Crippen LogP contribution in [0.5, 0.6) is 5.75 Å². The van der Waals surface area contributed by atoms with E-state index in [0.717, 1.165) is 31.8 Å². The highest BCUT2D eigenvalue weighted by atomic mass is 32.2. The maximum absolute atomic E-state index is 13.0. The number of carbonyl (C=O) groups excluding carboxylic acids is 1. The summed E-state index contributed by atoms with van der Waals surface area (Å²) in [5.41, 5.74) is 1.22. The van der Waals surface area contributed by atoms with Crippen LogP contribution in [0.2, 0.25) is 0 Å². The van der Waals surface area contributed by atoms with Crippen LogP contribution in [0.3, 0.4) is 0 Å². The van der Waals surface area contributed by atoms with E-state index in [1.807, 2.05) is 30.9 Å². The molecule has 1 aromatic rings. The SMILES string of the molecule is CCCS(=O)(=O)N1CCCC1C(=O)N1CCN(Cc2ccc(OCC)cc2)CC1. The molecule has 0 aliphatic carbocycles. The number of ether oxygens (including phenoxy) is 1. The molecule has 0 saturated carbocycles. The second-order valence-corrected chi connectivity index (χ2v) is 9.80. The predicted octanol–water partition coefficient (Wildman–Crippen LogP) is 1.93. The lowest BCUT2D eigenvalue weighted by molar-refractivity contribution is -0.136. The second-order valence-electron chi connectivity index (χ2n) is 7.76. The highest BCUT2D eigenvalue weighted by Crippen LogP contribution is 2.24. The zero-order valence-corrected chi connectivity index (χ0v) is 18.4. The van der Waals surface area contributed by atoms with E-state index < -0.39 is 16.1 Å². The number of hydrogen-bond donors (Lipinski definition) is 0. The van der Waals surface area contributed by atoms with Crippen molar-refractivity contribution in [2.24, 2.45) is 0 Å². The molecule has 162 valence electrons. The summed E-state index contributed by atoms with van der Waals surface area (Å²) in [4.78, 5) is 17.2. The zero-order chi connectivity index (χ0) is 20.9. The van der Waals surface area contributed by atoms with Crippen LogP contribution in [0, 0.1) is 0 Å². The first-order valence-electron chi connectivity index (χ1n) is 10.7. The molecule has 2 aliphatic heterocycles. The van der Waals surface area contributed by atoms with Crippen molar-refractivity contribution in [3.8, 4) is 5.75 Å². The van der Waals surface area contributed by atoms with Crippen LogP contribution in [0.25, 0.3) is 0 Å². The Kier molecular flexibility index (Phi) is 7.54. The molecule has 3 rings (SSSR count). The molecule has 29 heavy (non-hydrogen) atoms. The largest absolute Gasteiger partial charge is 0.494 e. The number of carbonyl (C=O) groups is 1. The molecule has 2 aliphatic rings. The minimum Gasteiger partial charge on any atom is -0.494 e. The lowest BCUT2D eigenvalue weighted by Gasteiger charge is -2.37. The first-order valence-corrected chi connectivity index (χ1v) is 12.3. The number of rotatable bonds is 8. The third-order valence-corrected chi connectivity index (χ3v) is 7.71. The summed E-state index contributed by atoms with van der Waals surface area (Å²) in [6, 6.07) is 7.63. The topological polar surface area (TPSA) is 70.2 Å². The standard InChI is InChI=1S/C21H33N3O4S/c1-3-16-29(26,27)24-11-5-6-20(24)21(25)23-14-12-22(13-15-23)17-18-7-9-19(10-8-18)28-4-2/h7-10,20H,3-6,11-17H2,1-2H3. The predicted molar refractivity (Wildman–Crippen MR) is 113 cm³/mol. The number of amides is 1. The molecule has 0 N–H and O–H groups in total. The van der Waals surface area contributed by atoms with E-state index in [9.17, 15) is 13.2 Å². The molecule has 7 nitrogen and oxygen atoms in total.